The van der Waals surface area contributed by atoms with Crippen molar-refractivity contribution in [1.82, 2.24) is 0 Å². The van der Waals surface area contributed by atoms with E-state index in [0.29, 0.717) is 0 Å². The first-order valence-corrected chi connectivity index (χ1v) is 7.82. The van der Waals surface area contributed by atoms with E-state index in [2.05, 4.69) is 0 Å². The predicted octanol–water partition coefficient (Wildman–Crippen LogP) is 1.61. The molecule has 0 fully saturated rings. The highest BCUT2D eigenvalue weighted by Crippen LogP contribution is 2.26. The van der Waals surface area contributed by atoms with Gasteiger partial charge in [-0.15, -0.1) is 0 Å². The van der Waals surface area contributed by atoms with Crippen molar-refractivity contribution in [3.63, 3.8) is 0 Å². The Morgan fingerprint density at radius 1 is 0.750 bits per heavy atom. The van der Waals surface area contributed by atoms with E-state index < -0.39 is 48.7 Å². The molecule has 0 saturated heterocycles. The summed E-state index contributed by atoms with van der Waals surface area (Å²) in [5, 5.41) is 27.1. The van der Waals surface area contributed by atoms with Gasteiger partial charge in [-0.05, 0) is 36.4 Å². The van der Waals surface area contributed by atoms with Crippen LogP contribution in [0, 0.1) is 0 Å². The van der Waals surface area contributed by atoms with Gasteiger partial charge in [0, 0.05) is 0 Å². The third-order valence-corrected chi connectivity index (χ3v) is 4.93. The molecule has 0 bridgehead atoms. The van der Waals surface area contributed by atoms with Crippen molar-refractivity contribution in [2.75, 3.05) is 0 Å². The number of hydrogen-bond donors (Lipinski definition) is 3. The van der Waals surface area contributed by atoms with Crippen molar-refractivity contribution in [2.24, 2.45) is 0 Å². The first-order valence-electron chi connectivity index (χ1n) is 6.33. The van der Waals surface area contributed by atoms with Gasteiger partial charge >= 0.3 is 17.9 Å². The number of carbonyl (C=O) groups is 3. The van der Waals surface area contributed by atoms with Crippen LogP contribution in [0.2, 0.25) is 0 Å². The topological polar surface area (TPSA) is 146 Å². The monoisotopic (exact) mass is 350 g/mol. The molecule has 0 atom stereocenters. The Morgan fingerprint density at radius 2 is 1.33 bits per heavy atom. The van der Waals surface area contributed by atoms with E-state index in [0.717, 1.165) is 30.3 Å². The summed E-state index contributed by atoms with van der Waals surface area (Å²) in [4.78, 5) is 32.1. The van der Waals surface area contributed by atoms with Gasteiger partial charge in [-0.25, -0.2) is 22.8 Å². The molecule has 2 aromatic carbocycles. The van der Waals surface area contributed by atoms with Crippen LogP contribution in [0.1, 0.15) is 31.1 Å². The first-order chi connectivity index (χ1) is 11.1. The third-order valence-electron chi connectivity index (χ3n) is 3.14. The van der Waals surface area contributed by atoms with Gasteiger partial charge in [0.2, 0.25) is 9.84 Å². The second-order valence-electron chi connectivity index (χ2n) is 4.66. The van der Waals surface area contributed by atoms with E-state index in [-0.39, 0.29) is 5.56 Å². The van der Waals surface area contributed by atoms with Crippen LogP contribution in [0.15, 0.2) is 52.3 Å². The molecule has 0 heterocycles. The van der Waals surface area contributed by atoms with Gasteiger partial charge in [-0.1, -0.05) is 6.07 Å². The zero-order valence-electron chi connectivity index (χ0n) is 11.8. The van der Waals surface area contributed by atoms with Gasteiger partial charge in [-0.3, -0.25) is 0 Å². The lowest BCUT2D eigenvalue weighted by atomic mass is 10.1. The average molecular weight is 350 g/mol. The largest absolute Gasteiger partial charge is 0.478 e. The van der Waals surface area contributed by atoms with Gasteiger partial charge in [0.1, 0.15) is 0 Å². The van der Waals surface area contributed by atoms with Crippen LogP contribution < -0.4 is 0 Å². The zero-order chi connectivity index (χ0) is 18.1. The normalized spacial score (nSPS) is 11.0. The highest BCUT2D eigenvalue weighted by molar-refractivity contribution is 7.91. The fraction of sp³-hybridized carbons (Fsp3) is 0. The summed E-state index contributed by atoms with van der Waals surface area (Å²) >= 11 is 0. The number of hydrogen-bond acceptors (Lipinski definition) is 5. The quantitative estimate of drug-likeness (QED) is 0.737. The molecule has 124 valence electrons. The Balaban J connectivity index is 2.75. The standard InChI is InChI=1S/C15H10O8S/c16-13(17)8-2-1-3-10(6-8)24(22,23)12-7-9(14(18)19)4-5-11(12)15(20)21/h1-7H,(H,16,17)(H,18,19)(H,20,21). The maximum Gasteiger partial charge on any atom is 0.337 e. The number of benzene rings is 2. The van der Waals surface area contributed by atoms with Crippen molar-refractivity contribution in [2.45, 2.75) is 9.79 Å². The van der Waals surface area contributed by atoms with Gasteiger partial charge in [0.05, 0.1) is 26.5 Å². The minimum atomic E-state index is -4.43. The Hall–Kier alpha value is -3.20. The number of aromatic carboxylic acids is 3. The van der Waals surface area contributed by atoms with E-state index in [1.54, 1.807) is 0 Å². The van der Waals surface area contributed by atoms with E-state index >= 15 is 0 Å². The van der Waals surface area contributed by atoms with Crippen LogP contribution in [0.25, 0.3) is 0 Å². The van der Waals surface area contributed by atoms with Crippen molar-refractivity contribution < 1.29 is 38.1 Å². The van der Waals surface area contributed by atoms with Crippen LogP contribution >= 0.6 is 0 Å². The Bertz CT molecular complexity index is 959. The van der Waals surface area contributed by atoms with Crippen LogP contribution in [-0.2, 0) is 9.84 Å². The summed E-state index contributed by atoms with van der Waals surface area (Å²) in [6, 6.07) is 6.91. The van der Waals surface area contributed by atoms with Crippen LogP contribution in [0.3, 0.4) is 0 Å². The molecule has 0 aliphatic carbocycles. The van der Waals surface area contributed by atoms with Crippen LogP contribution in [0.5, 0.6) is 0 Å². The van der Waals surface area contributed by atoms with E-state index in [9.17, 15) is 22.8 Å². The Labute approximate surface area is 135 Å². The summed E-state index contributed by atoms with van der Waals surface area (Å²) in [6.07, 6.45) is 0. The van der Waals surface area contributed by atoms with Gasteiger partial charge < -0.3 is 15.3 Å². The molecule has 0 aromatic heterocycles. The number of carboxylic acids is 3. The van der Waals surface area contributed by atoms with Crippen molar-refractivity contribution >= 4 is 27.7 Å². The summed E-state index contributed by atoms with van der Waals surface area (Å²) in [7, 11) is -4.43. The Kier molecular flexibility index (Phi) is 4.38. The second-order valence-corrected chi connectivity index (χ2v) is 6.58. The molecule has 0 aliphatic rings. The van der Waals surface area contributed by atoms with E-state index in [1.807, 2.05) is 0 Å². The molecule has 8 nitrogen and oxygen atoms in total. The molecule has 9 heteroatoms. The summed E-state index contributed by atoms with van der Waals surface area (Å²) < 4.78 is 25.3. The lowest BCUT2D eigenvalue weighted by molar-refractivity contribution is 0.0677. The third kappa shape index (κ3) is 3.10. The molecule has 0 unspecified atom stereocenters. The molecule has 3 N–H and O–H groups in total. The minimum Gasteiger partial charge on any atom is -0.478 e. The maximum absolute atomic E-state index is 12.7. The van der Waals surface area contributed by atoms with Crippen molar-refractivity contribution in [3.8, 4) is 0 Å². The fourth-order valence-corrected chi connectivity index (χ4v) is 3.50. The number of rotatable bonds is 5. The van der Waals surface area contributed by atoms with Crippen molar-refractivity contribution in [1.29, 1.82) is 0 Å². The second kappa shape index (κ2) is 6.13. The fourth-order valence-electron chi connectivity index (χ4n) is 1.98. The first kappa shape index (κ1) is 17.2. The molecule has 0 saturated carbocycles. The van der Waals surface area contributed by atoms with Gasteiger partial charge in [0.15, 0.2) is 0 Å². The smallest absolute Gasteiger partial charge is 0.337 e. The van der Waals surface area contributed by atoms with Gasteiger partial charge in [-0.2, -0.15) is 0 Å². The lowest BCUT2D eigenvalue weighted by Crippen LogP contribution is -2.12. The molecule has 2 aromatic rings. The molecule has 24 heavy (non-hydrogen) atoms. The Morgan fingerprint density at radius 3 is 1.88 bits per heavy atom. The zero-order valence-corrected chi connectivity index (χ0v) is 12.6. The van der Waals surface area contributed by atoms with E-state index in [4.69, 9.17) is 15.3 Å². The van der Waals surface area contributed by atoms with Crippen molar-refractivity contribution in [3.05, 3.63) is 59.2 Å². The van der Waals surface area contributed by atoms with E-state index in [1.165, 1.54) is 12.1 Å². The number of carboxylic acid groups (broad SMARTS) is 3. The van der Waals surface area contributed by atoms with Crippen LogP contribution in [0.4, 0.5) is 0 Å². The molecule has 2 rings (SSSR count). The summed E-state index contributed by atoms with van der Waals surface area (Å²) in [6.45, 7) is 0. The average Bonchev–Trinajstić information content (AvgIpc) is 2.54. The molecule has 0 spiro atoms. The molecule has 0 radical (unpaired) electrons. The summed E-state index contributed by atoms with van der Waals surface area (Å²) in [5.74, 6) is -4.34. The van der Waals surface area contributed by atoms with Crippen LogP contribution in [-0.4, -0.2) is 41.6 Å². The maximum atomic E-state index is 12.7. The molecular formula is C15H10O8S. The summed E-state index contributed by atoms with van der Waals surface area (Å²) in [5.41, 5.74) is -1.32. The molecule has 0 amide bonds. The highest BCUT2D eigenvalue weighted by Gasteiger charge is 2.26. The minimum absolute atomic E-state index is 0.303. The molecular weight excluding hydrogens is 340 g/mol. The lowest BCUT2D eigenvalue weighted by Gasteiger charge is -2.09. The predicted molar refractivity (Wildman–Crippen MR) is 79.2 cm³/mol. The number of sulfone groups is 1. The SMILES string of the molecule is O=C(O)c1cccc(S(=O)(=O)c2cc(C(=O)O)ccc2C(=O)O)c1. The molecule has 0 aliphatic heterocycles. The van der Waals surface area contributed by atoms with Gasteiger partial charge in [0.25, 0.3) is 0 Å². The highest BCUT2D eigenvalue weighted by atomic mass is 32.2.